The molecule has 1 aromatic rings. The standard InChI is InChI=1S/C39H72O2/c1-3-5-7-9-11-13-15-17-19-21-23-25-27-29-31-33-38-37(35-40)36-41-39(38)34-32-30-28-26-24-22-20-18-16-14-12-10-8-6-4-2/h35-36H,3-34H2,1-2H3. The van der Waals surface area contributed by atoms with E-state index in [0.29, 0.717) is 0 Å². The quantitative estimate of drug-likeness (QED) is 0.0619. The van der Waals surface area contributed by atoms with Gasteiger partial charge >= 0.3 is 0 Å². The third-order valence-corrected chi connectivity index (χ3v) is 9.18. The summed E-state index contributed by atoms with van der Waals surface area (Å²) in [5, 5.41) is 0. The second kappa shape index (κ2) is 30.4. The molecule has 0 aliphatic rings. The minimum atomic E-state index is 0.798. The van der Waals surface area contributed by atoms with E-state index in [4.69, 9.17) is 4.42 Å². The van der Waals surface area contributed by atoms with Gasteiger partial charge in [0.1, 0.15) is 12.0 Å². The molecule has 1 heterocycles. The number of carbonyl (C=O) groups excluding carboxylic acids is 1. The molecule has 2 heteroatoms. The molecule has 0 saturated heterocycles. The van der Waals surface area contributed by atoms with Gasteiger partial charge in [-0.2, -0.15) is 0 Å². The summed E-state index contributed by atoms with van der Waals surface area (Å²) in [5.41, 5.74) is 2.01. The third kappa shape index (κ3) is 23.1. The van der Waals surface area contributed by atoms with Crippen LogP contribution in [0, 0.1) is 0 Å². The van der Waals surface area contributed by atoms with Gasteiger partial charge in [0.15, 0.2) is 6.29 Å². The van der Waals surface area contributed by atoms with Crippen molar-refractivity contribution in [2.24, 2.45) is 0 Å². The van der Waals surface area contributed by atoms with Crippen LogP contribution >= 0.6 is 0 Å². The summed E-state index contributed by atoms with van der Waals surface area (Å²) in [4.78, 5) is 11.6. The highest BCUT2D eigenvalue weighted by molar-refractivity contribution is 5.77. The number of aldehydes is 1. The molecule has 0 aromatic carbocycles. The zero-order valence-electron chi connectivity index (χ0n) is 28.1. The second-order valence-electron chi connectivity index (χ2n) is 13.1. The lowest BCUT2D eigenvalue weighted by atomic mass is 9.99. The van der Waals surface area contributed by atoms with E-state index in [-0.39, 0.29) is 0 Å². The van der Waals surface area contributed by atoms with Crippen molar-refractivity contribution < 1.29 is 9.21 Å². The van der Waals surface area contributed by atoms with E-state index < -0.39 is 0 Å². The van der Waals surface area contributed by atoms with Crippen LogP contribution in [0.5, 0.6) is 0 Å². The minimum Gasteiger partial charge on any atom is -0.468 e. The van der Waals surface area contributed by atoms with Crippen molar-refractivity contribution in [3.63, 3.8) is 0 Å². The van der Waals surface area contributed by atoms with Crippen LogP contribution in [-0.4, -0.2) is 6.29 Å². The summed E-state index contributed by atoms with van der Waals surface area (Å²) in [6, 6.07) is 0. The molecule has 1 rings (SSSR count). The summed E-state index contributed by atoms with van der Waals surface area (Å²) >= 11 is 0. The molecule has 0 bridgehead atoms. The molecule has 0 atom stereocenters. The smallest absolute Gasteiger partial charge is 0.153 e. The van der Waals surface area contributed by atoms with Crippen molar-refractivity contribution in [3.8, 4) is 0 Å². The lowest BCUT2D eigenvalue weighted by molar-refractivity contribution is 0.112. The van der Waals surface area contributed by atoms with E-state index in [1.165, 1.54) is 198 Å². The first-order chi connectivity index (χ1) is 20.3. The molecule has 0 spiro atoms. The highest BCUT2D eigenvalue weighted by atomic mass is 16.3. The van der Waals surface area contributed by atoms with Crippen LogP contribution in [0.4, 0.5) is 0 Å². The Morgan fingerprint density at radius 2 is 0.732 bits per heavy atom. The summed E-state index contributed by atoms with van der Waals surface area (Å²) < 4.78 is 5.85. The predicted octanol–water partition coefficient (Wildman–Crippen LogP) is 13.9. The number of hydrogen-bond acceptors (Lipinski definition) is 2. The molecule has 0 fully saturated rings. The molecule has 0 radical (unpaired) electrons. The van der Waals surface area contributed by atoms with Gasteiger partial charge < -0.3 is 4.42 Å². The Kier molecular flexibility index (Phi) is 28.2. The average molecular weight is 573 g/mol. The Balaban J connectivity index is 1.97. The molecule has 2 nitrogen and oxygen atoms in total. The average Bonchev–Trinajstić information content (AvgIpc) is 3.38. The third-order valence-electron chi connectivity index (χ3n) is 9.18. The van der Waals surface area contributed by atoms with Crippen molar-refractivity contribution in [1.82, 2.24) is 0 Å². The van der Waals surface area contributed by atoms with Gasteiger partial charge in [0.25, 0.3) is 0 Å². The van der Waals surface area contributed by atoms with Crippen LogP contribution < -0.4 is 0 Å². The largest absolute Gasteiger partial charge is 0.468 e. The monoisotopic (exact) mass is 573 g/mol. The Morgan fingerprint density at radius 1 is 0.439 bits per heavy atom. The first-order valence-electron chi connectivity index (χ1n) is 18.9. The van der Waals surface area contributed by atoms with Crippen LogP contribution in [0.3, 0.4) is 0 Å². The lowest BCUT2D eigenvalue weighted by Crippen LogP contribution is -1.95. The van der Waals surface area contributed by atoms with Gasteiger partial charge in [0, 0.05) is 12.0 Å². The van der Waals surface area contributed by atoms with Crippen LogP contribution in [0.25, 0.3) is 0 Å². The zero-order valence-corrected chi connectivity index (χ0v) is 28.1. The number of hydrogen-bond donors (Lipinski definition) is 0. The van der Waals surface area contributed by atoms with Crippen LogP contribution in [0.15, 0.2) is 10.7 Å². The molecule has 1 aromatic heterocycles. The van der Waals surface area contributed by atoms with Crippen molar-refractivity contribution in [1.29, 1.82) is 0 Å². The molecule has 0 amide bonds. The number of unbranched alkanes of at least 4 members (excludes halogenated alkanes) is 28. The van der Waals surface area contributed by atoms with E-state index >= 15 is 0 Å². The molecule has 240 valence electrons. The van der Waals surface area contributed by atoms with Gasteiger partial charge in [0.2, 0.25) is 0 Å². The van der Waals surface area contributed by atoms with E-state index in [2.05, 4.69) is 13.8 Å². The lowest BCUT2D eigenvalue weighted by Gasteiger charge is -2.06. The normalized spacial score (nSPS) is 11.5. The number of furan rings is 1. The first-order valence-corrected chi connectivity index (χ1v) is 18.9. The van der Waals surface area contributed by atoms with E-state index in [9.17, 15) is 4.79 Å². The van der Waals surface area contributed by atoms with Gasteiger partial charge in [-0.1, -0.05) is 194 Å². The summed E-state index contributed by atoms with van der Waals surface area (Å²) in [6.07, 6.45) is 46.4. The number of carbonyl (C=O) groups is 1. The van der Waals surface area contributed by atoms with Crippen molar-refractivity contribution in [2.75, 3.05) is 0 Å². The molecule has 0 aliphatic heterocycles. The second-order valence-corrected chi connectivity index (χ2v) is 13.1. The summed E-state index contributed by atoms with van der Waals surface area (Å²) in [7, 11) is 0. The van der Waals surface area contributed by atoms with Gasteiger partial charge in [-0.15, -0.1) is 0 Å². The van der Waals surface area contributed by atoms with Gasteiger partial charge in [0.05, 0.1) is 5.56 Å². The van der Waals surface area contributed by atoms with E-state index in [0.717, 1.165) is 30.5 Å². The fourth-order valence-electron chi connectivity index (χ4n) is 6.36. The van der Waals surface area contributed by atoms with Crippen molar-refractivity contribution in [2.45, 2.75) is 219 Å². The Labute approximate surface area is 257 Å². The maximum absolute atomic E-state index is 11.6. The summed E-state index contributed by atoms with van der Waals surface area (Å²) in [6.45, 7) is 4.59. The fraction of sp³-hybridized carbons (Fsp3) is 0.872. The highest BCUT2D eigenvalue weighted by Gasteiger charge is 2.12. The first kappa shape index (κ1) is 38.0. The highest BCUT2D eigenvalue weighted by Crippen LogP contribution is 2.22. The van der Waals surface area contributed by atoms with Gasteiger partial charge in [-0.3, -0.25) is 4.79 Å². The van der Waals surface area contributed by atoms with Crippen molar-refractivity contribution >= 4 is 6.29 Å². The maximum Gasteiger partial charge on any atom is 0.153 e. The fourth-order valence-corrected chi connectivity index (χ4v) is 6.36. The Bertz CT molecular complexity index is 661. The molecule has 0 aliphatic carbocycles. The number of rotatable bonds is 33. The Morgan fingerprint density at radius 3 is 1.05 bits per heavy atom. The van der Waals surface area contributed by atoms with Crippen LogP contribution in [0.1, 0.15) is 228 Å². The molecule has 0 saturated carbocycles. The number of aryl methyl sites for hydroxylation is 1. The van der Waals surface area contributed by atoms with Gasteiger partial charge in [-0.25, -0.2) is 0 Å². The summed E-state index contributed by atoms with van der Waals surface area (Å²) in [5.74, 6) is 1.09. The predicted molar refractivity (Wildman–Crippen MR) is 181 cm³/mol. The topological polar surface area (TPSA) is 30.2 Å². The molecule has 41 heavy (non-hydrogen) atoms. The van der Waals surface area contributed by atoms with E-state index in [1.807, 2.05) is 0 Å². The molecule has 0 unspecified atom stereocenters. The zero-order chi connectivity index (χ0) is 29.5. The maximum atomic E-state index is 11.6. The van der Waals surface area contributed by atoms with Crippen LogP contribution in [-0.2, 0) is 12.8 Å². The van der Waals surface area contributed by atoms with E-state index in [1.54, 1.807) is 6.26 Å². The van der Waals surface area contributed by atoms with Crippen LogP contribution in [0.2, 0.25) is 0 Å². The molecular formula is C39H72O2. The SMILES string of the molecule is CCCCCCCCCCCCCCCCCc1occ(C=O)c1CCCCCCCCCCCCCCCCC. The Hall–Kier alpha value is -1.05. The van der Waals surface area contributed by atoms with Crippen molar-refractivity contribution in [3.05, 3.63) is 23.2 Å². The minimum absolute atomic E-state index is 0.798. The van der Waals surface area contributed by atoms with Gasteiger partial charge in [-0.05, 0) is 19.3 Å². The molecule has 0 N–H and O–H groups in total. The molecular weight excluding hydrogens is 500 g/mol.